The zero-order chi connectivity index (χ0) is 22.9. The lowest BCUT2D eigenvalue weighted by Gasteiger charge is -2.28. The topological polar surface area (TPSA) is 88.8 Å². The standard InChI is InChI=1S/C24H28N2O5S/c1-4-13-26(16(2)22-14-17-7-5-6-8-20(17)31-22)24(27)18-9-12-21(30-3)23(15-18)32(28,29)25-19-10-11-19/h5-9,12,14-16,19,25H,4,10-11,13H2,1-3H3. The van der Waals surface area contributed by atoms with Crippen LogP contribution >= 0.6 is 0 Å². The number of benzene rings is 2. The van der Waals surface area contributed by atoms with E-state index in [4.69, 9.17) is 9.15 Å². The Bertz CT molecular complexity index is 1200. The predicted molar refractivity (Wildman–Crippen MR) is 122 cm³/mol. The average molecular weight is 457 g/mol. The van der Waals surface area contributed by atoms with E-state index in [1.54, 1.807) is 11.0 Å². The summed E-state index contributed by atoms with van der Waals surface area (Å²) in [6.45, 7) is 4.42. The van der Waals surface area contributed by atoms with Crippen LogP contribution in [-0.2, 0) is 10.0 Å². The van der Waals surface area contributed by atoms with Crippen LogP contribution in [0.1, 0.15) is 55.3 Å². The quantitative estimate of drug-likeness (QED) is 0.512. The highest BCUT2D eigenvalue weighted by molar-refractivity contribution is 7.89. The minimum atomic E-state index is -3.79. The van der Waals surface area contributed by atoms with Crippen molar-refractivity contribution in [2.45, 2.75) is 50.1 Å². The summed E-state index contributed by atoms with van der Waals surface area (Å²) in [5.74, 6) is 0.636. The second kappa shape index (κ2) is 8.96. The molecule has 1 fully saturated rings. The SMILES string of the molecule is CCCN(C(=O)c1ccc(OC)c(S(=O)(=O)NC2CC2)c1)C(C)c1cc2ccccc2o1. The molecule has 1 amide bonds. The zero-order valence-electron chi connectivity index (χ0n) is 18.5. The molecular formula is C24H28N2O5S. The van der Waals surface area contributed by atoms with Crippen LogP contribution in [0.15, 0.2) is 57.8 Å². The van der Waals surface area contributed by atoms with Gasteiger partial charge in [0.1, 0.15) is 22.0 Å². The molecule has 1 atom stereocenters. The van der Waals surface area contributed by atoms with Gasteiger partial charge in [0, 0.05) is 23.5 Å². The number of nitrogens with zero attached hydrogens (tertiary/aromatic N) is 1. The summed E-state index contributed by atoms with van der Waals surface area (Å²) in [6, 6.07) is 13.8. The summed E-state index contributed by atoms with van der Waals surface area (Å²) >= 11 is 0. The van der Waals surface area contributed by atoms with E-state index in [2.05, 4.69) is 4.72 Å². The maximum Gasteiger partial charge on any atom is 0.254 e. The van der Waals surface area contributed by atoms with Gasteiger partial charge < -0.3 is 14.1 Å². The average Bonchev–Trinajstić information content (AvgIpc) is 3.48. The highest BCUT2D eigenvalue weighted by Gasteiger charge is 2.31. The molecule has 1 aliphatic rings. The summed E-state index contributed by atoms with van der Waals surface area (Å²) in [5, 5.41) is 0.974. The summed E-state index contributed by atoms with van der Waals surface area (Å²) in [6.07, 6.45) is 2.39. The Hall–Kier alpha value is -2.84. The molecule has 32 heavy (non-hydrogen) atoms. The van der Waals surface area contributed by atoms with Crippen molar-refractivity contribution < 1.29 is 22.4 Å². The minimum absolute atomic E-state index is 0.0226. The van der Waals surface area contributed by atoms with Crippen LogP contribution < -0.4 is 9.46 Å². The van der Waals surface area contributed by atoms with Crippen LogP contribution in [0.3, 0.4) is 0 Å². The van der Waals surface area contributed by atoms with E-state index in [-0.39, 0.29) is 28.6 Å². The Morgan fingerprint density at radius 1 is 1.22 bits per heavy atom. The highest BCUT2D eigenvalue weighted by atomic mass is 32.2. The monoisotopic (exact) mass is 456 g/mol. The molecule has 1 saturated carbocycles. The van der Waals surface area contributed by atoms with Gasteiger partial charge in [0.05, 0.1) is 13.2 Å². The van der Waals surface area contributed by atoms with Gasteiger partial charge >= 0.3 is 0 Å². The van der Waals surface area contributed by atoms with Gasteiger partial charge in [-0.1, -0.05) is 25.1 Å². The van der Waals surface area contributed by atoms with Crippen molar-refractivity contribution in [1.82, 2.24) is 9.62 Å². The van der Waals surface area contributed by atoms with E-state index < -0.39 is 10.0 Å². The first-order chi connectivity index (χ1) is 15.3. The van der Waals surface area contributed by atoms with Crippen molar-refractivity contribution in [3.05, 3.63) is 59.9 Å². The third-order valence-electron chi connectivity index (χ3n) is 5.65. The second-order valence-corrected chi connectivity index (χ2v) is 9.80. The first kappa shape index (κ1) is 22.4. The Morgan fingerprint density at radius 2 is 1.97 bits per heavy atom. The van der Waals surface area contributed by atoms with Gasteiger partial charge in [-0.3, -0.25) is 4.79 Å². The van der Waals surface area contributed by atoms with E-state index in [1.165, 1.54) is 19.2 Å². The van der Waals surface area contributed by atoms with Crippen molar-refractivity contribution in [3.8, 4) is 5.75 Å². The molecule has 0 radical (unpaired) electrons. The van der Waals surface area contributed by atoms with Crippen LogP contribution in [0.25, 0.3) is 11.0 Å². The third-order valence-corrected chi connectivity index (χ3v) is 7.19. The molecule has 1 aromatic heterocycles. The molecule has 7 nitrogen and oxygen atoms in total. The molecule has 0 saturated heterocycles. The normalized spacial score (nSPS) is 15.0. The molecule has 8 heteroatoms. The first-order valence-corrected chi connectivity index (χ1v) is 12.3. The number of carbonyl (C=O) groups is 1. The van der Waals surface area contributed by atoms with Gasteiger partial charge in [0.15, 0.2) is 0 Å². The number of rotatable bonds is 9. The Balaban J connectivity index is 1.67. The van der Waals surface area contributed by atoms with Crippen LogP contribution in [0, 0.1) is 0 Å². The van der Waals surface area contributed by atoms with Crippen molar-refractivity contribution in [1.29, 1.82) is 0 Å². The van der Waals surface area contributed by atoms with Gasteiger partial charge in [-0.15, -0.1) is 0 Å². The number of para-hydroxylation sites is 1. The fraction of sp³-hybridized carbons (Fsp3) is 0.375. The van der Waals surface area contributed by atoms with Crippen LogP contribution in [0.4, 0.5) is 0 Å². The van der Waals surface area contributed by atoms with E-state index in [0.717, 1.165) is 30.2 Å². The lowest BCUT2D eigenvalue weighted by Crippen LogP contribution is -2.34. The molecule has 4 rings (SSSR count). The van der Waals surface area contributed by atoms with Gasteiger partial charge in [0.2, 0.25) is 10.0 Å². The van der Waals surface area contributed by atoms with Gasteiger partial charge in [-0.25, -0.2) is 13.1 Å². The fourth-order valence-electron chi connectivity index (χ4n) is 3.74. The second-order valence-electron chi connectivity index (χ2n) is 8.12. The number of fused-ring (bicyclic) bond motifs is 1. The zero-order valence-corrected chi connectivity index (χ0v) is 19.3. The maximum atomic E-state index is 13.5. The lowest BCUT2D eigenvalue weighted by molar-refractivity contribution is 0.0672. The first-order valence-electron chi connectivity index (χ1n) is 10.8. The molecule has 1 heterocycles. The van der Waals surface area contributed by atoms with E-state index in [1.807, 2.05) is 44.2 Å². The Labute approximate surface area is 188 Å². The number of carbonyl (C=O) groups excluding carboxylic acids is 1. The number of nitrogens with one attached hydrogen (secondary N) is 1. The predicted octanol–water partition coefficient (Wildman–Crippen LogP) is 4.50. The van der Waals surface area contributed by atoms with Crippen LogP contribution in [-0.4, -0.2) is 38.9 Å². The summed E-state index contributed by atoms with van der Waals surface area (Å²) in [7, 11) is -2.37. The molecule has 1 N–H and O–H groups in total. The molecule has 3 aromatic rings. The number of hydrogen-bond acceptors (Lipinski definition) is 5. The number of amides is 1. The Morgan fingerprint density at radius 3 is 2.62 bits per heavy atom. The van der Waals surface area contributed by atoms with Crippen molar-refractivity contribution in [3.63, 3.8) is 0 Å². The number of sulfonamides is 1. The smallest absolute Gasteiger partial charge is 0.254 e. The molecule has 170 valence electrons. The molecule has 0 aliphatic heterocycles. The fourth-order valence-corrected chi connectivity index (χ4v) is 5.24. The molecule has 1 aliphatic carbocycles. The van der Waals surface area contributed by atoms with Crippen molar-refractivity contribution in [2.75, 3.05) is 13.7 Å². The van der Waals surface area contributed by atoms with E-state index >= 15 is 0 Å². The summed E-state index contributed by atoms with van der Waals surface area (Å²) in [4.78, 5) is 15.2. The molecule has 0 bridgehead atoms. The van der Waals surface area contributed by atoms with Gasteiger partial charge in [-0.2, -0.15) is 0 Å². The largest absolute Gasteiger partial charge is 0.495 e. The minimum Gasteiger partial charge on any atom is -0.495 e. The van der Waals surface area contributed by atoms with Crippen LogP contribution in [0.5, 0.6) is 5.75 Å². The lowest BCUT2D eigenvalue weighted by atomic mass is 10.1. The molecule has 1 unspecified atom stereocenters. The van der Waals surface area contributed by atoms with E-state index in [0.29, 0.717) is 17.9 Å². The maximum absolute atomic E-state index is 13.5. The number of hydrogen-bond donors (Lipinski definition) is 1. The highest BCUT2D eigenvalue weighted by Crippen LogP contribution is 2.31. The van der Waals surface area contributed by atoms with Crippen molar-refractivity contribution in [2.24, 2.45) is 0 Å². The third kappa shape index (κ3) is 4.52. The summed E-state index contributed by atoms with van der Waals surface area (Å²) < 4.78 is 39.6. The van der Waals surface area contributed by atoms with E-state index in [9.17, 15) is 13.2 Å². The number of ether oxygens (including phenoxy) is 1. The van der Waals surface area contributed by atoms with Gasteiger partial charge in [-0.05, 0) is 56.5 Å². The molecular weight excluding hydrogens is 428 g/mol. The molecule has 0 spiro atoms. The van der Waals surface area contributed by atoms with Crippen LogP contribution in [0.2, 0.25) is 0 Å². The van der Waals surface area contributed by atoms with Crippen molar-refractivity contribution >= 4 is 26.9 Å². The summed E-state index contributed by atoms with van der Waals surface area (Å²) in [5.41, 5.74) is 1.06. The number of furan rings is 1. The van der Waals surface area contributed by atoms with Gasteiger partial charge in [0.25, 0.3) is 5.91 Å². The number of methoxy groups -OCH3 is 1. The molecule has 2 aromatic carbocycles. The Kier molecular flexibility index (Phi) is 6.26.